The smallest absolute Gasteiger partial charge is 0.242 e. The van der Waals surface area contributed by atoms with E-state index < -0.39 is 0 Å². The molecule has 1 aromatic heterocycles. The monoisotopic (exact) mass is 358 g/mol. The lowest BCUT2D eigenvalue weighted by Gasteiger charge is -2.35. The minimum absolute atomic E-state index is 0.112. The second-order valence-corrected chi connectivity index (χ2v) is 7.46. The highest BCUT2D eigenvalue weighted by molar-refractivity contribution is 7.80. The number of benzene rings is 1. The van der Waals surface area contributed by atoms with Crippen molar-refractivity contribution in [2.45, 2.75) is 45.6 Å². The van der Waals surface area contributed by atoms with E-state index in [0.29, 0.717) is 29.4 Å². The standard InChI is InChI=1S/C19H26N4OS/c1-12-6-5-9-16(13(12)2)21-19(25)23-22-18(24)10-14-11-20-17-8-4-3-7-15(14)17/h3-4,7-8,11-13,16,20H,5-6,9-10H2,1-2H3,(H,22,24)(H2,21,23,25)/t12-,13-,16+/m1/s1. The Balaban J connectivity index is 1.48. The first-order chi connectivity index (χ1) is 12.0. The molecule has 0 spiro atoms. The number of carbonyl (C=O) groups is 1. The SMILES string of the molecule is C[C@@H]1[C@H](C)CCC[C@@H]1NC(=S)NNC(=O)Cc1c[nH]c2ccccc12. The molecule has 5 nitrogen and oxygen atoms in total. The summed E-state index contributed by atoms with van der Waals surface area (Å²) in [5.74, 6) is 1.17. The number of para-hydroxylation sites is 1. The van der Waals surface area contributed by atoms with Gasteiger partial charge in [0.2, 0.25) is 5.91 Å². The molecule has 1 aliphatic carbocycles. The fourth-order valence-corrected chi connectivity index (χ4v) is 3.81. The van der Waals surface area contributed by atoms with Crippen molar-refractivity contribution < 1.29 is 4.79 Å². The molecule has 1 amide bonds. The number of rotatable bonds is 3. The van der Waals surface area contributed by atoms with Gasteiger partial charge in [0.15, 0.2) is 5.11 Å². The molecular weight excluding hydrogens is 332 g/mol. The van der Waals surface area contributed by atoms with Crippen LogP contribution in [0.3, 0.4) is 0 Å². The fourth-order valence-electron chi connectivity index (χ4n) is 3.61. The molecule has 3 atom stereocenters. The highest BCUT2D eigenvalue weighted by Gasteiger charge is 2.27. The van der Waals surface area contributed by atoms with Crippen LogP contribution >= 0.6 is 12.2 Å². The Kier molecular flexibility index (Phi) is 5.58. The Morgan fingerprint density at radius 1 is 1.24 bits per heavy atom. The van der Waals surface area contributed by atoms with E-state index in [-0.39, 0.29) is 5.91 Å². The zero-order valence-electron chi connectivity index (χ0n) is 14.8. The number of fused-ring (bicyclic) bond motifs is 1. The van der Waals surface area contributed by atoms with Crippen molar-refractivity contribution in [3.63, 3.8) is 0 Å². The van der Waals surface area contributed by atoms with Gasteiger partial charge in [-0.15, -0.1) is 0 Å². The Morgan fingerprint density at radius 2 is 2.04 bits per heavy atom. The number of hydrazine groups is 1. The van der Waals surface area contributed by atoms with E-state index in [1.165, 1.54) is 12.8 Å². The number of hydrogen-bond acceptors (Lipinski definition) is 2. The lowest BCUT2D eigenvalue weighted by atomic mass is 9.78. The van der Waals surface area contributed by atoms with Gasteiger partial charge in [-0.2, -0.15) is 0 Å². The molecule has 1 aromatic carbocycles. The first-order valence-corrected chi connectivity index (χ1v) is 9.35. The number of carbonyl (C=O) groups excluding carboxylic acids is 1. The molecule has 0 saturated heterocycles. The van der Waals surface area contributed by atoms with E-state index in [4.69, 9.17) is 12.2 Å². The second-order valence-electron chi connectivity index (χ2n) is 7.06. The summed E-state index contributed by atoms with van der Waals surface area (Å²) in [6.07, 6.45) is 5.80. The lowest BCUT2D eigenvalue weighted by molar-refractivity contribution is -0.121. The van der Waals surface area contributed by atoms with Gasteiger partial charge in [0.1, 0.15) is 0 Å². The average Bonchev–Trinajstić information content (AvgIpc) is 3.00. The Morgan fingerprint density at radius 3 is 2.88 bits per heavy atom. The molecule has 1 heterocycles. The number of hydrogen-bond donors (Lipinski definition) is 4. The number of thiocarbonyl (C=S) groups is 1. The molecule has 134 valence electrons. The van der Waals surface area contributed by atoms with Crippen LogP contribution in [0.5, 0.6) is 0 Å². The summed E-state index contributed by atoms with van der Waals surface area (Å²) in [6.45, 7) is 4.55. The first kappa shape index (κ1) is 17.7. The maximum Gasteiger partial charge on any atom is 0.242 e. The van der Waals surface area contributed by atoms with Crippen LogP contribution < -0.4 is 16.2 Å². The largest absolute Gasteiger partial charge is 0.361 e. The van der Waals surface area contributed by atoms with Gasteiger partial charge in [0.25, 0.3) is 0 Å². The average molecular weight is 359 g/mol. The van der Waals surface area contributed by atoms with Crippen LogP contribution in [0.2, 0.25) is 0 Å². The number of nitrogens with one attached hydrogen (secondary N) is 4. The molecular formula is C19H26N4OS. The molecule has 4 N–H and O–H groups in total. The van der Waals surface area contributed by atoms with E-state index >= 15 is 0 Å². The first-order valence-electron chi connectivity index (χ1n) is 8.95. The normalized spacial score (nSPS) is 23.2. The van der Waals surface area contributed by atoms with Crippen LogP contribution in [0.4, 0.5) is 0 Å². The zero-order chi connectivity index (χ0) is 17.8. The van der Waals surface area contributed by atoms with Crippen molar-refractivity contribution in [2.24, 2.45) is 11.8 Å². The Hall–Kier alpha value is -2.08. The van der Waals surface area contributed by atoms with Gasteiger partial charge in [-0.3, -0.25) is 15.6 Å². The molecule has 3 rings (SSSR count). The van der Waals surface area contributed by atoms with Crippen LogP contribution in [0.1, 0.15) is 38.7 Å². The summed E-state index contributed by atoms with van der Waals surface area (Å²) in [4.78, 5) is 15.4. The third-order valence-electron chi connectivity index (χ3n) is 5.36. The minimum atomic E-state index is -0.112. The second kappa shape index (κ2) is 7.87. The van der Waals surface area contributed by atoms with Crippen molar-refractivity contribution in [1.82, 2.24) is 21.2 Å². The molecule has 0 bridgehead atoms. The number of aromatic nitrogens is 1. The van der Waals surface area contributed by atoms with Gasteiger partial charge < -0.3 is 10.3 Å². The molecule has 0 unspecified atom stereocenters. The van der Waals surface area contributed by atoms with Crippen LogP contribution in [0.15, 0.2) is 30.5 Å². The summed E-state index contributed by atoms with van der Waals surface area (Å²) in [6, 6.07) is 8.33. The van der Waals surface area contributed by atoms with E-state index in [2.05, 4.69) is 35.0 Å². The maximum absolute atomic E-state index is 12.2. The fraction of sp³-hybridized carbons (Fsp3) is 0.474. The van der Waals surface area contributed by atoms with Gasteiger partial charge in [-0.05, 0) is 42.1 Å². The topological polar surface area (TPSA) is 68.9 Å². The van der Waals surface area contributed by atoms with Gasteiger partial charge in [0.05, 0.1) is 6.42 Å². The maximum atomic E-state index is 12.2. The molecule has 0 aliphatic heterocycles. The number of aromatic amines is 1. The van der Waals surface area contributed by atoms with E-state index in [9.17, 15) is 4.79 Å². The molecule has 0 radical (unpaired) electrons. The van der Waals surface area contributed by atoms with Gasteiger partial charge in [-0.25, -0.2) is 0 Å². The van der Waals surface area contributed by atoms with E-state index in [1.54, 1.807) is 0 Å². The predicted octanol–water partition coefficient (Wildman–Crippen LogP) is 3.03. The number of amides is 1. The highest BCUT2D eigenvalue weighted by atomic mass is 32.1. The molecule has 1 saturated carbocycles. The summed E-state index contributed by atoms with van der Waals surface area (Å²) in [7, 11) is 0. The van der Waals surface area contributed by atoms with E-state index in [0.717, 1.165) is 22.9 Å². The van der Waals surface area contributed by atoms with Crippen LogP contribution in [0.25, 0.3) is 10.9 Å². The number of H-pyrrole nitrogens is 1. The van der Waals surface area contributed by atoms with Crippen molar-refractivity contribution in [3.05, 3.63) is 36.0 Å². The summed E-state index contributed by atoms with van der Waals surface area (Å²) in [5, 5.41) is 4.90. The molecule has 25 heavy (non-hydrogen) atoms. The van der Waals surface area contributed by atoms with Crippen molar-refractivity contribution in [3.8, 4) is 0 Å². The van der Waals surface area contributed by atoms with Crippen LogP contribution in [-0.4, -0.2) is 22.0 Å². The van der Waals surface area contributed by atoms with Gasteiger partial charge >= 0.3 is 0 Å². The van der Waals surface area contributed by atoms with Crippen molar-refractivity contribution >= 4 is 34.1 Å². The lowest BCUT2D eigenvalue weighted by Crippen LogP contribution is -2.52. The van der Waals surface area contributed by atoms with Crippen LogP contribution in [0, 0.1) is 11.8 Å². The predicted molar refractivity (Wildman–Crippen MR) is 105 cm³/mol. The van der Waals surface area contributed by atoms with Crippen molar-refractivity contribution in [2.75, 3.05) is 0 Å². The zero-order valence-corrected chi connectivity index (χ0v) is 15.6. The molecule has 1 fully saturated rings. The summed E-state index contributed by atoms with van der Waals surface area (Å²) in [5.41, 5.74) is 7.54. The summed E-state index contributed by atoms with van der Waals surface area (Å²) >= 11 is 5.33. The van der Waals surface area contributed by atoms with Gasteiger partial charge in [-0.1, -0.05) is 44.9 Å². The Bertz CT molecular complexity index is 757. The minimum Gasteiger partial charge on any atom is -0.361 e. The molecule has 1 aliphatic rings. The van der Waals surface area contributed by atoms with Crippen LogP contribution in [-0.2, 0) is 11.2 Å². The van der Waals surface area contributed by atoms with Gasteiger partial charge in [0, 0.05) is 23.1 Å². The van der Waals surface area contributed by atoms with E-state index in [1.807, 2.05) is 30.5 Å². The third kappa shape index (κ3) is 4.31. The third-order valence-corrected chi connectivity index (χ3v) is 5.58. The van der Waals surface area contributed by atoms with Crippen molar-refractivity contribution in [1.29, 1.82) is 0 Å². The molecule has 6 heteroatoms. The highest BCUT2D eigenvalue weighted by Crippen LogP contribution is 2.29. The quantitative estimate of drug-likeness (QED) is 0.503. The molecule has 2 aromatic rings. The summed E-state index contributed by atoms with van der Waals surface area (Å²) < 4.78 is 0. The Labute approximate surface area is 153 Å².